The van der Waals surface area contributed by atoms with Gasteiger partial charge in [0.05, 0.1) is 5.69 Å². The Hall–Kier alpha value is -1.65. The van der Waals surface area contributed by atoms with E-state index in [2.05, 4.69) is 10.2 Å². The highest BCUT2D eigenvalue weighted by molar-refractivity contribution is 5.87. The summed E-state index contributed by atoms with van der Waals surface area (Å²) >= 11 is 0. The van der Waals surface area contributed by atoms with Crippen LogP contribution in [0.2, 0.25) is 0 Å². The smallest absolute Gasteiger partial charge is 0.341 e. The highest BCUT2D eigenvalue weighted by atomic mass is 16.4. The zero-order valence-corrected chi connectivity index (χ0v) is 9.00. The number of carboxylic acids is 1. The molecule has 0 unspecified atom stereocenters. The van der Waals surface area contributed by atoms with Crippen molar-refractivity contribution in [2.24, 2.45) is 5.41 Å². The second kappa shape index (κ2) is 3.84. The van der Waals surface area contributed by atoms with Crippen molar-refractivity contribution in [3.63, 3.8) is 0 Å². The fraction of sp³-hybridized carbons (Fsp3) is 0.500. The van der Waals surface area contributed by atoms with Crippen molar-refractivity contribution in [2.45, 2.75) is 27.2 Å². The molecule has 0 atom stereocenters. The molecule has 0 fully saturated rings. The lowest BCUT2D eigenvalue weighted by Gasteiger charge is -2.16. The van der Waals surface area contributed by atoms with Crippen LogP contribution in [0.25, 0.3) is 0 Å². The fourth-order valence-corrected chi connectivity index (χ4v) is 1.24. The Morgan fingerprint density at radius 2 is 2.13 bits per heavy atom. The van der Waals surface area contributed by atoms with Gasteiger partial charge in [0.1, 0.15) is 5.56 Å². The number of hydrogen-bond donors (Lipinski definition) is 2. The first-order valence-electron chi connectivity index (χ1n) is 4.61. The first-order chi connectivity index (χ1) is 6.79. The number of carboxylic acid groups (broad SMARTS) is 1. The zero-order valence-electron chi connectivity index (χ0n) is 9.00. The van der Waals surface area contributed by atoms with E-state index < -0.39 is 11.5 Å². The molecule has 0 aliphatic heterocycles. The third kappa shape index (κ3) is 3.19. The first kappa shape index (κ1) is 11.4. The first-order valence-corrected chi connectivity index (χ1v) is 4.61. The van der Waals surface area contributed by atoms with Crippen LogP contribution in [0.1, 0.15) is 36.8 Å². The van der Waals surface area contributed by atoms with E-state index >= 15 is 0 Å². The third-order valence-electron chi connectivity index (χ3n) is 1.80. The summed E-state index contributed by atoms with van der Waals surface area (Å²) in [6.07, 6.45) is 0.615. The van der Waals surface area contributed by atoms with Crippen molar-refractivity contribution in [2.75, 3.05) is 0 Å². The van der Waals surface area contributed by atoms with Crippen LogP contribution in [-0.4, -0.2) is 21.3 Å². The molecule has 1 heterocycles. The molecule has 1 aromatic rings. The molecule has 0 saturated heterocycles. The third-order valence-corrected chi connectivity index (χ3v) is 1.80. The van der Waals surface area contributed by atoms with Crippen molar-refractivity contribution in [3.05, 3.63) is 27.7 Å². The Kier molecular flexibility index (Phi) is 2.93. The van der Waals surface area contributed by atoms with Gasteiger partial charge < -0.3 is 5.11 Å². The number of carbonyl (C=O) groups is 1. The molecule has 0 aliphatic carbocycles. The Morgan fingerprint density at radius 3 is 2.60 bits per heavy atom. The predicted octanol–water partition coefficient (Wildman–Crippen LogP) is 1.06. The largest absolute Gasteiger partial charge is 0.477 e. The van der Waals surface area contributed by atoms with Crippen LogP contribution >= 0.6 is 0 Å². The van der Waals surface area contributed by atoms with Crippen LogP contribution in [-0.2, 0) is 6.42 Å². The van der Waals surface area contributed by atoms with Crippen molar-refractivity contribution < 1.29 is 9.90 Å². The van der Waals surface area contributed by atoms with E-state index in [1.165, 1.54) is 6.07 Å². The van der Waals surface area contributed by atoms with Crippen molar-refractivity contribution in [1.82, 2.24) is 10.2 Å². The van der Waals surface area contributed by atoms with Gasteiger partial charge >= 0.3 is 5.97 Å². The van der Waals surface area contributed by atoms with Gasteiger partial charge in [-0.2, -0.15) is 5.10 Å². The average molecular weight is 210 g/mol. The lowest BCUT2D eigenvalue weighted by atomic mass is 9.90. The monoisotopic (exact) mass is 210 g/mol. The fourth-order valence-electron chi connectivity index (χ4n) is 1.24. The van der Waals surface area contributed by atoms with Gasteiger partial charge in [0.25, 0.3) is 5.56 Å². The van der Waals surface area contributed by atoms with Crippen molar-refractivity contribution >= 4 is 5.97 Å². The minimum Gasteiger partial charge on any atom is -0.477 e. The number of aromatic nitrogens is 2. The summed E-state index contributed by atoms with van der Waals surface area (Å²) in [4.78, 5) is 21.8. The molecule has 0 spiro atoms. The lowest BCUT2D eigenvalue weighted by molar-refractivity contribution is 0.0694. The molecule has 0 bridgehead atoms. The molecule has 1 aromatic heterocycles. The van der Waals surface area contributed by atoms with Gasteiger partial charge in [0.2, 0.25) is 0 Å². The average Bonchev–Trinajstić information content (AvgIpc) is 2.05. The van der Waals surface area contributed by atoms with Crippen molar-refractivity contribution in [1.29, 1.82) is 0 Å². The summed E-state index contributed by atoms with van der Waals surface area (Å²) in [6, 6.07) is 1.33. The second-order valence-corrected chi connectivity index (χ2v) is 4.64. The number of nitrogens with one attached hydrogen (secondary N) is 1. The van der Waals surface area contributed by atoms with E-state index in [-0.39, 0.29) is 11.0 Å². The summed E-state index contributed by atoms with van der Waals surface area (Å²) in [6.45, 7) is 6.04. The Morgan fingerprint density at radius 1 is 1.53 bits per heavy atom. The van der Waals surface area contributed by atoms with Gasteiger partial charge in [-0.15, -0.1) is 0 Å². The number of H-pyrrole nitrogens is 1. The van der Waals surface area contributed by atoms with Gasteiger partial charge in [-0.3, -0.25) is 4.79 Å². The summed E-state index contributed by atoms with van der Waals surface area (Å²) in [7, 11) is 0. The van der Waals surface area contributed by atoms with E-state index in [0.717, 1.165) is 0 Å². The minimum atomic E-state index is -1.23. The van der Waals surface area contributed by atoms with Gasteiger partial charge in [-0.25, -0.2) is 9.89 Å². The molecule has 5 nitrogen and oxygen atoms in total. The zero-order chi connectivity index (χ0) is 11.6. The van der Waals surface area contributed by atoms with Crippen LogP contribution in [0.3, 0.4) is 0 Å². The SMILES string of the molecule is CC(C)(C)Cc1cc(C(=O)O)c(=O)[nH]n1. The summed E-state index contributed by atoms with van der Waals surface area (Å²) < 4.78 is 0. The summed E-state index contributed by atoms with van der Waals surface area (Å²) in [5.74, 6) is -1.23. The second-order valence-electron chi connectivity index (χ2n) is 4.64. The molecule has 0 aromatic carbocycles. The Bertz CT molecular complexity index is 429. The summed E-state index contributed by atoms with van der Waals surface area (Å²) in [5, 5.41) is 14.7. The van der Waals surface area contributed by atoms with Crippen molar-refractivity contribution in [3.8, 4) is 0 Å². The van der Waals surface area contributed by atoms with E-state index in [1.807, 2.05) is 20.8 Å². The molecule has 5 heteroatoms. The highest BCUT2D eigenvalue weighted by Crippen LogP contribution is 2.18. The number of hydrogen-bond acceptors (Lipinski definition) is 3. The number of aromatic carboxylic acids is 1. The maximum atomic E-state index is 11.1. The van der Waals surface area contributed by atoms with Crippen LogP contribution in [0, 0.1) is 5.41 Å². The quantitative estimate of drug-likeness (QED) is 0.764. The number of rotatable bonds is 2. The van der Waals surface area contributed by atoms with E-state index in [0.29, 0.717) is 12.1 Å². The molecular weight excluding hydrogens is 196 g/mol. The number of aromatic amines is 1. The molecule has 15 heavy (non-hydrogen) atoms. The van der Waals surface area contributed by atoms with E-state index in [9.17, 15) is 9.59 Å². The minimum absolute atomic E-state index is 0.00101. The van der Waals surface area contributed by atoms with Crippen LogP contribution in [0.4, 0.5) is 0 Å². The van der Waals surface area contributed by atoms with Gasteiger partial charge in [0.15, 0.2) is 0 Å². The van der Waals surface area contributed by atoms with Gasteiger partial charge in [-0.1, -0.05) is 20.8 Å². The van der Waals surface area contributed by atoms with Crippen LogP contribution < -0.4 is 5.56 Å². The maximum absolute atomic E-state index is 11.1. The molecule has 0 radical (unpaired) electrons. The highest BCUT2D eigenvalue weighted by Gasteiger charge is 2.15. The molecular formula is C10H14N2O3. The maximum Gasteiger partial charge on any atom is 0.341 e. The predicted molar refractivity (Wildman–Crippen MR) is 55.0 cm³/mol. The van der Waals surface area contributed by atoms with E-state index in [1.54, 1.807) is 0 Å². The Balaban J connectivity index is 3.09. The molecule has 1 rings (SSSR count). The van der Waals surface area contributed by atoms with Crippen LogP contribution in [0.15, 0.2) is 10.9 Å². The molecule has 2 N–H and O–H groups in total. The van der Waals surface area contributed by atoms with E-state index in [4.69, 9.17) is 5.11 Å². The number of nitrogens with zero attached hydrogens (tertiary/aromatic N) is 1. The van der Waals surface area contributed by atoms with Crippen LogP contribution in [0.5, 0.6) is 0 Å². The standard InChI is InChI=1S/C10H14N2O3/c1-10(2,3)5-6-4-7(9(14)15)8(13)12-11-6/h4H,5H2,1-3H3,(H,12,13)(H,14,15). The molecule has 0 amide bonds. The summed E-state index contributed by atoms with van der Waals surface area (Å²) in [5.41, 5.74) is -0.343. The molecule has 82 valence electrons. The molecule has 0 aliphatic rings. The molecule has 0 saturated carbocycles. The topological polar surface area (TPSA) is 83.0 Å². The normalized spacial score (nSPS) is 11.4. The lowest BCUT2D eigenvalue weighted by Crippen LogP contribution is -2.21. The van der Waals surface area contributed by atoms with Gasteiger partial charge in [-0.05, 0) is 17.9 Å². The van der Waals surface area contributed by atoms with Gasteiger partial charge in [0, 0.05) is 0 Å². The Labute approximate surface area is 87.1 Å².